The molecule has 1 aromatic carbocycles. The fraction of sp³-hybridized carbons (Fsp3) is 0.350. The number of hydrogen-bond acceptors (Lipinski definition) is 4. The first kappa shape index (κ1) is 17.0. The van der Waals surface area contributed by atoms with Crippen molar-refractivity contribution < 1.29 is 14.3 Å². The summed E-state index contributed by atoms with van der Waals surface area (Å²) in [5.41, 5.74) is 0.722. The van der Waals surface area contributed by atoms with Gasteiger partial charge in [0, 0.05) is 24.7 Å². The summed E-state index contributed by atoms with van der Waals surface area (Å²) in [5, 5.41) is 0.932. The third-order valence-corrected chi connectivity index (χ3v) is 6.67. The van der Waals surface area contributed by atoms with E-state index in [0.29, 0.717) is 35.2 Å². The van der Waals surface area contributed by atoms with Crippen molar-refractivity contribution in [1.29, 1.82) is 0 Å². The van der Waals surface area contributed by atoms with E-state index in [0.717, 1.165) is 24.0 Å². The van der Waals surface area contributed by atoms with Crippen LogP contribution in [-0.2, 0) is 20.5 Å². The number of fused-ring (bicyclic) bond motifs is 2. The minimum absolute atomic E-state index is 0.0613. The molecule has 1 aliphatic carbocycles. The first-order chi connectivity index (χ1) is 13.0. The second-order valence-corrected chi connectivity index (χ2v) is 8.29. The van der Waals surface area contributed by atoms with E-state index in [1.54, 1.807) is 24.4 Å². The first-order valence-corrected chi connectivity index (χ1v) is 9.65. The fourth-order valence-corrected chi connectivity index (χ4v) is 4.62. The Labute approximate surface area is 166 Å². The lowest BCUT2D eigenvalue weighted by atomic mass is 9.93. The van der Waals surface area contributed by atoms with E-state index in [1.165, 1.54) is 0 Å². The predicted octanol–water partition coefficient (Wildman–Crippen LogP) is 3.72. The molecular formula is C20H16Cl2N2O3. The number of nitrogens with zero attached hydrogens (tertiary/aromatic N) is 2. The molecule has 5 nitrogen and oxygen atoms in total. The number of hydrogen-bond donors (Lipinski definition) is 0. The molecule has 0 radical (unpaired) electrons. The van der Waals surface area contributed by atoms with Crippen molar-refractivity contribution >= 4 is 35.1 Å². The maximum atomic E-state index is 13.4. The summed E-state index contributed by atoms with van der Waals surface area (Å²) in [5.74, 6) is -0.350. The van der Waals surface area contributed by atoms with E-state index in [1.807, 2.05) is 17.0 Å². The molecule has 1 unspecified atom stereocenters. The summed E-state index contributed by atoms with van der Waals surface area (Å²) in [7, 11) is 0. The molecule has 3 heterocycles. The number of benzene rings is 1. The van der Waals surface area contributed by atoms with Crippen molar-refractivity contribution in [2.75, 3.05) is 13.1 Å². The third kappa shape index (κ3) is 2.41. The van der Waals surface area contributed by atoms with Crippen LogP contribution in [0.3, 0.4) is 0 Å². The molecule has 1 aromatic heterocycles. The molecule has 3 aliphatic rings. The fourth-order valence-electron chi connectivity index (χ4n) is 4.32. The second-order valence-electron chi connectivity index (χ2n) is 7.47. The molecule has 27 heavy (non-hydrogen) atoms. The minimum atomic E-state index is -0.774. The van der Waals surface area contributed by atoms with Gasteiger partial charge in [-0.15, -0.1) is 0 Å². The van der Waals surface area contributed by atoms with E-state index in [-0.39, 0.29) is 5.91 Å². The van der Waals surface area contributed by atoms with Crippen LogP contribution < -0.4 is 0 Å². The van der Waals surface area contributed by atoms with E-state index in [4.69, 9.17) is 27.9 Å². The molecule has 1 saturated heterocycles. The molecule has 2 aliphatic heterocycles. The van der Waals surface area contributed by atoms with E-state index in [9.17, 15) is 9.59 Å². The number of pyridine rings is 1. The van der Waals surface area contributed by atoms with Gasteiger partial charge in [0.25, 0.3) is 0 Å². The van der Waals surface area contributed by atoms with Crippen LogP contribution in [0, 0.1) is 0 Å². The summed E-state index contributed by atoms with van der Waals surface area (Å²) in [6.07, 6.45) is 3.73. The Balaban J connectivity index is 1.43. The molecule has 7 heteroatoms. The van der Waals surface area contributed by atoms with Gasteiger partial charge in [0.15, 0.2) is 11.3 Å². The molecule has 1 amide bonds. The quantitative estimate of drug-likeness (QED) is 0.718. The highest BCUT2D eigenvalue weighted by molar-refractivity contribution is 6.42. The van der Waals surface area contributed by atoms with Crippen molar-refractivity contribution in [3.8, 4) is 0 Å². The Kier molecular flexibility index (Phi) is 3.59. The lowest BCUT2D eigenvalue weighted by Gasteiger charge is -2.26. The molecule has 138 valence electrons. The van der Waals surface area contributed by atoms with E-state index < -0.39 is 17.0 Å². The molecule has 1 atom stereocenters. The Bertz CT molecular complexity index is 989. The Morgan fingerprint density at radius 2 is 1.96 bits per heavy atom. The lowest BCUT2D eigenvalue weighted by molar-refractivity contribution is -0.134. The molecule has 0 N–H and O–H groups in total. The molecule has 1 saturated carbocycles. The lowest BCUT2D eigenvalue weighted by Crippen LogP contribution is -2.40. The van der Waals surface area contributed by atoms with Gasteiger partial charge in [-0.25, -0.2) is 9.78 Å². The van der Waals surface area contributed by atoms with Crippen molar-refractivity contribution in [2.45, 2.75) is 30.3 Å². The van der Waals surface area contributed by atoms with Gasteiger partial charge >= 0.3 is 5.97 Å². The highest BCUT2D eigenvalue weighted by Gasteiger charge is 2.58. The average molecular weight is 403 g/mol. The summed E-state index contributed by atoms with van der Waals surface area (Å²) >= 11 is 12.2. The number of likely N-dealkylation sites (tertiary alicyclic amines) is 1. The summed E-state index contributed by atoms with van der Waals surface area (Å²) in [6.45, 7) is 0.906. The smallest absolute Gasteiger partial charge is 0.358 e. The monoisotopic (exact) mass is 402 g/mol. The third-order valence-electron chi connectivity index (χ3n) is 5.93. The molecule has 1 spiro atoms. The van der Waals surface area contributed by atoms with Crippen LogP contribution in [0.15, 0.2) is 36.5 Å². The van der Waals surface area contributed by atoms with Gasteiger partial charge in [0.2, 0.25) is 5.91 Å². The maximum absolute atomic E-state index is 13.4. The van der Waals surface area contributed by atoms with Crippen LogP contribution in [0.2, 0.25) is 10.0 Å². The number of ether oxygens (including phenoxy) is 1. The summed E-state index contributed by atoms with van der Waals surface area (Å²) in [6, 6.07) is 9.06. The topological polar surface area (TPSA) is 59.5 Å². The number of rotatable bonds is 2. The predicted molar refractivity (Wildman–Crippen MR) is 99.9 cm³/mol. The van der Waals surface area contributed by atoms with Gasteiger partial charge in [-0.2, -0.15) is 0 Å². The van der Waals surface area contributed by atoms with Crippen molar-refractivity contribution in [3.63, 3.8) is 0 Å². The van der Waals surface area contributed by atoms with Crippen molar-refractivity contribution in [2.24, 2.45) is 0 Å². The zero-order valence-corrected chi connectivity index (χ0v) is 15.9. The normalized spacial score (nSPS) is 24.8. The highest BCUT2D eigenvalue weighted by Crippen LogP contribution is 2.52. The first-order valence-electron chi connectivity index (χ1n) is 8.89. The summed E-state index contributed by atoms with van der Waals surface area (Å²) < 4.78 is 5.70. The SMILES string of the molecule is O=C1OC2(CCN(C(=O)C3(c4ccc(Cl)c(Cl)c4)CC3)C2)c2cccnc21. The van der Waals surface area contributed by atoms with Gasteiger partial charge in [-0.05, 0) is 36.6 Å². The van der Waals surface area contributed by atoms with Crippen LogP contribution in [0.5, 0.6) is 0 Å². The number of halogens is 2. The second kappa shape index (κ2) is 5.69. The maximum Gasteiger partial charge on any atom is 0.358 e. The molecule has 2 aromatic rings. The van der Waals surface area contributed by atoms with Gasteiger partial charge in [0.1, 0.15) is 0 Å². The summed E-state index contributed by atoms with van der Waals surface area (Å²) in [4.78, 5) is 31.5. The van der Waals surface area contributed by atoms with Crippen LogP contribution >= 0.6 is 23.2 Å². The van der Waals surface area contributed by atoms with E-state index in [2.05, 4.69) is 4.98 Å². The van der Waals surface area contributed by atoms with Crippen LogP contribution in [0.25, 0.3) is 0 Å². The van der Waals surface area contributed by atoms with Crippen LogP contribution in [0.1, 0.15) is 40.9 Å². The van der Waals surface area contributed by atoms with E-state index >= 15 is 0 Å². The average Bonchev–Trinajstić information content (AvgIpc) is 3.30. The standard InChI is InChI=1S/C20H16Cl2N2O3/c21-14-4-3-12(10-15(14)22)19(5-6-19)18(26)24-9-7-20(11-24)13-2-1-8-23-16(13)17(25)27-20/h1-4,8,10H,5-7,9,11H2. The zero-order chi connectivity index (χ0) is 18.8. The highest BCUT2D eigenvalue weighted by atomic mass is 35.5. The number of carbonyl (C=O) groups excluding carboxylic acids is 2. The number of amides is 1. The minimum Gasteiger partial charge on any atom is -0.447 e. The van der Waals surface area contributed by atoms with Crippen LogP contribution in [0.4, 0.5) is 0 Å². The van der Waals surface area contributed by atoms with Gasteiger partial charge in [-0.3, -0.25) is 4.79 Å². The zero-order valence-electron chi connectivity index (χ0n) is 14.4. The van der Waals surface area contributed by atoms with Crippen molar-refractivity contribution in [1.82, 2.24) is 9.88 Å². The largest absolute Gasteiger partial charge is 0.447 e. The number of carbonyl (C=O) groups is 2. The Morgan fingerprint density at radius 1 is 1.15 bits per heavy atom. The Hall–Kier alpha value is -2.11. The van der Waals surface area contributed by atoms with Gasteiger partial charge < -0.3 is 9.64 Å². The molecule has 2 fully saturated rings. The van der Waals surface area contributed by atoms with Crippen LogP contribution in [-0.4, -0.2) is 34.8 Å². The van der Waals surface area contributed by atoms with Gasteiger partial charge in [-0.1, -0.05) is 35.3 Å². The Morgan fingerprint density at radius 3 is 2.70 bits per heavy atom. The molecule has 0 bridgehead atoms. The van der Waals surface area contributed by atoms with Crippen molar-refractivity contribution in [3.05, 3.63) is 63.4 Å². The van der Waals surface area contributed by atoms with Gasteiger partial charge in [0.05, 0.1) is 22.0 Å². The molecule has 5 rings (SSSR count). The number of aromatic nitrogens is 1. The number of esters is 1. The molecular weight excluding hydrogens is 387 g/mol.